The first-order valence-electron chi connectivity index (χ1n) is 6.37. The van der Waals surface area contributed by atoms with E-state index in [1.165, 1.54) is 0 Å². The van der Waals surface area contributed by atoms with Crippen LogP contribution in [0.1, 0.15) is 30.8 Å². The monoisotopic (exact) mass is 267 g/mol. The number of aliphatic hydroxyl groups is 1. The van der Waals surface area contributed by atoms with Gasteiger partial charge in [0, 0.05) is 25.4 Å². The molecular weight excluding hydrogens is 246 g/mol. The number of nitrogens with zero attached hydrogens (tertiary/aromatic N) is 1. The van der Waals surface area contributed by atoms with Crippen LogP contribution in [-0.2, 0) is 4.79 Å². The number of aliphatic hydroxyl groups excluding tert-OH is 1. The first kappa shape index (κ1) is 15.4. The molecule has 0 aliphatic carbocycles. The van der Waals surface area contributed by atoms with Crippen LogP contribution in [0.4, 0.5) is 0 Å². The molecule has 0 unspecified atom stereocenters. The van der Waals surface area contributed by atoms with Crippen molar-refractivity contribution < 1.29 is 14.7 Å². The molecule has 1 aromatic rings. The Kier molecular flexibility index (Phi) is 6.24. The summed E-state index contributed by atoms with van der Waals surface area (Å²) >= 11 is 0. The van der Waals surface area contributed by atoms with Crippen LogP contribution in [0.2, 0.25) is 0 Å². The molecule has 1 rings (SSSR count). The number of carbonyl (C=O) groups excluding carboxylic acids is 2. The number of hydrogen-bond donors (Lipinski definition) is 3. The van der Waals surface area contributed by atoms with Gasteiger partial charge >= 0.3 is 0 Å². The molecule has 0 saturated carbocycles. The maximum absolute atomic E-state index is 11.8. The second kappa shape index (κ2) is 7.70. The fourth-order valence-electron chi connectivity index (χ4n) is 1.68. The second-order valence-corrected chi connectivity index (χ2v) is 4.60. The summed E-state index contributed by atoms with van der Waals surface area (Å²) < 4.78 is 0. The Labute approximate surface area is 112 Å². The summed E-state index contributed by atoms with van der Waals surface area (Å²) in [6, 6.07) is 3.48. The molecule has 1 heterocycles. The molecule has 1 aromatic heterocycles. The summed E-state index contributed by atoms with van der Waals surface area (Å²) in [4.78, 5) is 28.1. The molecule has 0 radical (unpaired) electrons. The van der Waals surface area contributed by atoms with Gasteiger partial charge in [0.15, 0.2) is 0 Å². The third-order valence-corrected chi connectivity index (χ3v) is 2.78. The van der Waals surface area contributed by atoms with E-state index < -0.39 is 5.91 Å². The van der Waals surface area contributed by atoms with Crippen LogP contribution in [0.3, 0.4) is 0 Å². The Balaban J connectivity index is 2.46. The second-order valence-electron chi connectivity index (χ2n) is 4.60. The summed E-state index contributed by atoms with van der Waals surface area (Å²) in [7, 11) is 0. The number of amides is 2. The first-order valence-corrected chi connectivity index (χ1v) is 6.37. The van der Waals surface area contributed by atoms with Crippen molar-refractivity contribution in [1.29, 1.82) is 0 Å². The molecule has 2 amide bonds. The molecule has 0 bridgehead atoms. The molecule has 6 heteroatoms. The lowest BCUT2D eigenvalue weighted by Crippen LogP contribution is -2.43. The molecule has 0 saturated heterocycles. The highest BCUT2D eigenvalue weighted by Crippen LogP contribution is 2.00. The summed E-state index contributed by atoms with van der Waals surface area (Å²) in [5, 5.41) is 11.1. The zero-order valence-electron chi connectivity index (χ0n) is 11.3. The highest BCUT2D eigenvalue weighted by atomic mass is 16.3. The van der Waals surface area contributed by atoms with Crippen LogP contribution in [0.25, 0.3) is 0 Å². The highest BCUT2D eigenvalue weighted by molar-refractivity contribution is 6.04. The van der Waals surface area contributed by atoms with Crippen molar-refractivity contribution in [2.75, 3.05) is 19.7 Å². The molecular formula is C13H21N3O3. The molecule has 0 aliphatic rings. The maximum Gasteiger partial charge on any atom is 0.274 e. The van der Waals surface area contributed by atoms with Crippen LogP contribution in [0, 0.1) is 0 Å². The van der Waals surface area contributed by atoms with Crippen molar-refractivity contribution in [3.05, 3.63) is 24.0 Å². The van der Waals surface area contributed by atoms with Crippen molar-refractivity contribution in [3.63, 3.8) is 0 Å². The van der Waals surface area contributed by atoms with E-state index in [4.69, 9.17) is 5.11 Å². The average Bonchev–Trinajstić information content (AvgIpc) is 2.87. The number of carbonyl (C=O) groups is 2. The SMILES string of the molecule is CC(C)N(CCCO)CC(=O)NC(=O)c1ccc[nH]1. The molecule has 0 aromatic carbocycles. The smallest absolute Gasteiger partial charge is 0.274 e. The zero-order chi connectivity index (χ0) is 14.3. The van der Waals surface area contributed by atoms with Crippen molar-refractivity contribution in [2.45, 2.75) is 26.3 Å². The van der Waals surface area contributed by atoms with Crippen molar-refractivity contribution >= 4 is 11.8 Å². The molecule has 6 nitrogen and oxygen atoms in total. The van der Waals surface area contributed by atoms with E-state index in [1.54, 1.807) is 18.3 Å². The Morgan fingerprint density at radius 2 is 2.21 bits per heavy atom. The molecule has 0 aliphatic heterocycles. The third-order valence-electron chi connectivity index (χ3n) is 2.78. The number of nitrogens with one attached hydrogen (secondary N) is 2. The Hall–Kier alpha value is -1.66. The van der Waals surface area contributed by atoms with Crippen molar-refractivity contribution in [1.82, 2.24) is 15.2 Å². The van der Waals surface area contributed by atoms with Crippen molar-refractivity contribution in [3.8, 4) is 0 Å². The lowest BCUT2D eigenvalue weighted by Gasteiger charge is -2.25. The number of H-pyrrole nitrogens is 1. The van der Waals surface area contributed by atoms with E-state index in [-0.39, 0.29) is 25.1 Å². The van der Waals surface area contributed by atoms with Crippen LogP contribution in [-0.4, -0.2) is 52.5 Å². The van der Waals surface area contributed by atoms with E-state index >= 15 is 0 Å². The van der Waals surface area contributed by atoms with Crippen LogP contribution in [0.15, 0.2) is 18.3 Å². The maximum atomic E-state index is 11.8. The largest absolute Gasteiger partial charge is 0.396 e. The molecule has 106 valence electrons. The Morgan fingerprint density at radius 3 is 2.74 bits per heavy atom. The predicted octanol–water partition coefficient (Wildman–Crippen LogP) is 0.364. The Bertz CT molecular complexity index is 401. The zero-order valence-corrected chi connectivity index (χ0v) is 11.3. The van der Waals surface area contributed by atoms with Crippen LogP contribution in [0.5, 0.6) is 0 Å². The van der Waals surface area contributed by atoms with Gasteiger partial charge in [0.25, 0.3) is 5.91 Å². The molecule has 19 heavy (non-hydrogen) atoms. The summed E-state index contributed by atoms with van der Waals surface area (Å²) in [6.45, 7) is 4.80. The van der Waals surface area contributed by atoms with Crippen LogP contribution < -0.4 is 5.32 Å². The van der Waals surface area contributed by atoms with Crippen LogP contribution >= 0.6 is 0 Å². The molecule has 0 fully saturated rings. The van der Waals surface area contributed by atoms with Gasteiger partial charge in [-0.2, -0.15) is 0 Å². The number of aromatic nitrogens is 1. The van der Waals surface area contributed by atoms with E-state index in [9.17, 15) is 9.59 Å². The fraction of sp³-hybridized carbons (Fsp3) is 0.538. The fourth-order valence-corrected chi connectivity index (χ4v) is 1.68. The topological polar surface area (TPSA) is 85.4 Å². The van der Waals surface area contributed by atoms with Gasteiger partial charge in [-0.1, -0.05) is 0 Å². The highest BCUT2D eigenvalue weighted by Gasteiger charge is 2.16. The summed E-state index contributed by atoms with van der Waals surface area (Å²) in [5.74, 6) is -0.771. The van der Waals surface area contributed by atoms with Gasteiger partial charge in [-0.15, -0.1) is 0 Å². The minimum atomic E-state index is -0.430. The lowest BCUT2D eigenvalue weighted by atomic mass is 10.2. The van der Waals surface area contributed by atoms with Gasteiger partial charge in [-0.25, -0.2) is 0 Å². The third kappa shape index (κ3) is 5.23. The van der Waals surface area contributed by atoms with E-state index in [0.717, 1.165) is 0 Å². The molecule has 0 spiro atoms. The van der Waals surface area contributed by atoms with E-state index in [0.29, 0.717) is 18.7 Å². The number of hydrogen-bond acceptors (Lipinski definition) is 4. The summed E-state index contributed by atoms with van der Waals surface area (Å²) in [5.41, 5.74) is 0.361. The molecule has 3 N–H and O–H groups in total. The number of imide groups is 1. The van der Waals surface area contributed by atoms with Gasteiger partial charge in [0.1, 0.15) is 5.69 Å². The van der Waals surface area contributed by atoms with E-state index in [1.807, 2.05) is 18.7 Å². The predicted molar refractivity (Wildman–Crippen MR) is 71.7 cm³/mol. The van der Waals surface area contributed by atoms with Gasteiger partial charge < -0.3 is 10.1 Å². The van der Waals surface area contributed by atoms with Gasteiger partial charge in [-0.05, 0) is 32.4 Å². The summed E-state index contributed by atoms with van der Waals surface area (Å²) in [6.07, 6.45) is 2.23. The minimum absolute atomic E-state index is 0.0895. The number of aromatic amines is 1. The van der Waals surface area contributed by atoms with Crippen molar-refractivity contribution in [2.24, 2.45) is 0 Å². The van der Waals surface area contributed by atoms with Gasteiger partial charge in [-0.3, -0.25) is 19.8 Å². The van der Waals surface area contributed by atoms with Gasteiger partial charge in [0.05, 0.1) is 6.54 Å². The average molecular weight is 267 g/mol. The first-order chi connectivity index (χ1) is 9.04. The molecule has 0 atom stereocenters. The minimum Gasteiger partial charge on any atom is -0.396 e. The van der Waals surface area contributed by atoms with E-state index in [2.05, 4.69) is 10.3 Å². The quantitative estimate of drug-likeness (QED) is 0.666. The Morgan fingerprint density at radius 1 is 1.47 bits per heavy atom. The number of rotatable bonds is 7. The normalized spacial score (nSPS) is 11.0. The lowest BCUT2D eigenvalue weighted by molar-refractivity contribution is -0.121. The standard InChI is InChI=1S/C13H21N3O3/c1-10(2)16(7-4-8-17)9-12(18)15-13(19)11-5-3-6-14-11/h3,5-6,10,14,17H,4,7-9H2,1-2H3,(H,15,18,19). The van der Waals surface area contributed by atoms with Gasteiger partial charge in [0.2, 0.25) is 5.91 Å².